The summed E-state index contributed by atoms with van der Waals surface area (Å²) < 4.78 is 13.7. The SMILES string of the molecule is CN1CC(CN)CC1c1ccc(O)cc1F. The van der Waals surface area contributed by atoms with E-state index in [1.54, 1.807) is 6.07 Å². The predicted octanol–water partition coefficient (Wildman–Crippen LogP) is 1.48. The Morgan fingerprint density at radius 2 is 2.31 bits per heavy atom. The maximum absolute atomic E-state index is 13.7. The number of hydrogen-bond acceptors (Lipinski definition) is 3. The van der Waals surface area contributed by atoms with Crippen molar-refractivity contribution in [3.05, 3.63) is 29.6 Å². The molecule has 2 atom stereocenters. The van der Waals surface area contributed by atoms with Gasteiger partial charge in [0.15, 0.2) is 0 Å². The minimum Gasteiger partial charge on any atom is -0.508 e. The summed E-state index contributed by atoms with van der Waals surface area (Å²) in [5.74, 6) is 0.0648. The van der Waals surface area contributed by atoms with Gasteiger partial charge in [0, 0.05) is 24.2 Å². The van der Waals surface area contributed by atoms with Crippen LogP contribution in [0.25, 0.3) is 0 Å². The lowest BCUT2D eigenvalue weighted by Gasteiger charge is -2.20. The van der Waals surface area contributed by atoms with Gasteiger partial charge in [0.25, 0.3) is 0 Å². The lowest BCUT2D eigenvalue weighted by atomic mass is 9.99. The maximum atomic E-state index is 13.7. The standard InChI is InChI=1S/C12H17FN2O/c1-15-7-8(6-14)4-12(15)10-3-2-9(16)5-11(10)13/h2-3,5,8,12,16H,4,6-7,14H2,1H3. The first-order valence-electron chi connectivity index (χ1n) is 5.50. The molecule has 0 spiro atoms. The molecule has 0 aromatic heterocycles. The Labute approximate surface area is 94.7 Å². The molecule has 1 fully saturated rings. The van der Waals surface area contributed by atoms with Crippen molar-refractivity contribution in [3.63, 3.8) is 0 Å². The molecule has 4 heteroatoms. The Bertz CT molecular complexity index is 383. The molecule has 3 nitrogen and oxygen atoms in total. The summed E-state index contributed by atoms with van der Waals surface area (Å²) in [6.07, 6.45) is 0.884. The number of nitrogens with zero attached hydrogens (tertiary/aromatic N) is 1. The van der Waals surface area contributed by atoms with Crippen LogP contribution in [0.1, 0.15) is 18.0 Å². The van der Waals surface area contributed by atoms with E-state index >= 15 is 0 Å². The Morgan fingerprint density at radius 3 is 2.88 bits per heavy atom. The minimum atomic E-state index is -0.338. The molecule has 0 saturated carbocycles. The van der Waals surface area contributed by atoms with Crippen molar-refractivity contribution in [1.29, 1.82) is 0 Å². The fourth-order valence-corrected chi connectivity index (χ4v) is 2.43. The van der Waals surface area contributed by atoms with E-state index in [-0.39, 0.29) is 17.6 Å². The van der Waals surface area contributed by atoms with Crippen LogP contribution < -0.4 is 5.73 Å². The molecular weight excluding hydrogens is 207 g/mol. The Morgan fingerprint density at radius 1 is 1.56 bits per heavy atom. The van der Waals surface area contributed by atoms with Crippen LogP contribution in [0, 0.1) is 11.7 Å². The highest BCUT2D eigenvalue weighted by Crippen LogP contribution is 2.35. The number of nitrogens with two attached hydrogens (primary N) is 1. The first-order valence-corrected chi connectivity index (χ1v) is 5.50. The van der Waals surface area contributed by atoms with Gasteiger partial charge in [-0.05, 0) is 32.0 Å². The van der Waals surface area contributed by atoms with Gasteiger partial charge in [0.05, 0.1) is 0 Å². The van der Waals surface area contributed by atoms with E-state index < -0.39 is 0 Å². The van der Waals surface area contributed by atoms with Gasteiger partial charge in [-0.3, -0.25) is 4.90 Å². The fraction of sp³-hybridized carbons (Fsp3) is 0.500. The normalized spacial score (nSPS) is 26.2. The van der Waals surface area contributed by atoms with Gasteiger partial charge in [0.2, 0.25) is 0 Å². The molecule has 1 aliphatic heterocycles. The summed E-state index contributed by atoms with van der Waals surface area (Å²) in [4.78, 5) is 2.12. The van der Waals surface area contributed by atoms with E-state index in [0.29, 0.717) is 18.0 Å². The molecule has 0 amide bonds. The average molecular weight is 224 g/mol. The topological polar surface area (TPSA) is 49.5 Å². The molecule has 3 N–H and O–H groups in total. The first-order chi connectivity index (χ1) is 7.61. The molecule has 16 heavy (non-hydrogen) atoms. The van der Waals surface area contributed by atoms with Crippen molar-refractivity contribution in [1.82, 2.24) is 4.90 Å². The van der Waals surface area contributed by atoms with Crippen LogP contribution in [0.4, 0.5) is 4.39 Å². The van der Waals surface area contributed by atoms with E-state index in [1.807, 2.05) is 7.05 Å². The second-order valence-corrected chi connectivity index (χ2v) is 4.50. The van der Waals surface area contributed by atoms with E-state index in [0.717, 1.165) is 13.0 Å². The van der Waals surface area contributed by atoms with Crippen molar-refractivity contribution in [2.45, 2.75) is 12.5 Å². The zero-order valence-electron chi connectivity index (χ0n) is 9.36. The molecule has 1 heterocycles. The third-order valence-electron chi connectivity index (χ3n) is 3.31. The number of halogens is 1. The number of likely N-dealkylation sites (tertiary alicyclic amines) is 1. The van der Waals surface area contributed by atoms with E-state index in [4.69, 9.17) is 5.73 Å². The highest BCUT2D eigenvalue weighted by Gasteiger charge is 2.31. The second kappa shape index (κ2) is 4.39. The molecule has 0 bridgehead atoms. The van der Waals surface area contributed by atoms with Gasteiger partial charge >= 0.3 is 0 Å². The molecule has 1 aliphatic rings. The van der Waals surface area contributed by atoms with Crippen LogP contribution in [-0.2, 0) is 0 Å². The summed E-state index contributed by atoms with van der Waals surface area (Å²) in [5.41, 5.74) is 6.29. The van der Waals surface area contributed by atoms with Crippen molar-refractivity contribution < 1.29 is 9.50 Å². The molecule has 2 unspecified atom stereocenters. The van der Waals surface area contributed by atoms with Crippen LogP contribution in [0.5, 0.6) is 5.75 Å². The first kappa shape index (κ1) is 11.4. The van der Waals surface area contributed by atoms with Gasteiger partial charge in [0.1, 0.15) is 11.6 Å². The van der Waals surface area contributed by atoms with E-state index in [2.05, 4.69) is 4.90 Å². The molecule has 0 aliphatic carbocycles. The molecule has 1 saturated heterocycles. The second-order valence-electron chi connectivity index (χ2n) is 4.50. The molecule has 0 radical (unpaired) electrons. The fourth-order valence-electron chi connectivity index (χ4n) is 2.43. The molecule has 2 rings (SSSR count). The van der Waals surface area contributed by atoms with Gasteiger partial charge in [-0.2, -0.15) is 0 Å². The van der Waals surface area contributed by atoms with Crippen molar-refractivity contribution >= 4 is 0 Å². The number of phenols is 1. The summed E-state index contributed by atoms with van der Waals surface area (Å²) in [5, 5.41) is 9.17. The number of aromatic hydroxyl groups is 1. The Hall–Kier alpha value is -1.13. The van der Waals surface area contributed by atoms with E-state index in [1.165, 1.54) is 12.1 Å². The number of hydrogen-bond donors (Lipinski definition) is 2. The zero-order chi connectivity index (χ0) is 11.7. The Balaban J connectivity index is 2.24. The van der Waals surface area contributed by atoms with Gasteiger partial charge in [-0.15, -0.1) is 0 Å². The summed E-state index contributed by atoms with van der Waals surface area (Å²) in [7, 11) is 1.98. The average Bonchev–Trinajstić information content (AvgIpc) is 2.60. The number of phenolic OH excluding ortho intramolecular Hbond substituents is 1. The Kier molecular flexibility index (Phi) is 3.12. The predicted molar refractivity (Wildman–Crippen MR) is 60.6 cm³/mol. The van der Waals surface area contributed by atoms with E-state index in [9.17, 15) is 9.50 Å². The van der Waals surface area contributed by atoms with Crippen LogP contribution >= 0.6 is 0 Å². The van der Waals surface area contributed by atoms with Gasteiger partial charge in [-0.1, -0.05) is 6.07 Å². The smallest absolute Gasteiger partial charge is 0.131 e. The molecule has 1 aromatic carbocycles. The van der Waals surface area contributed by atoms with Gasteiger partial charge < -0.3 is 10.8 Å². The third-order valence-corrected chi connectivity index (χ3v) is 3.31. The van der Waals surface area contributed by atoms with Gasteiger partial charge in [-0.25, -0.2) is 4.39 Å². The van der Waals surface area contributed by atoms with Crippen LogP contribution in [0.3, 0.4) is 0 Å². The third kappa shape index (κ3) is 2.03. The molecule has 88 valence electrons. The van der Waals surface area contributed by atoms with Crippen molar-refractivity contribution in [2.75, 3.05) is 20.1 Å². The van der Waals surface area contributed by atoms with Crippen molar-refractivity contribution in [3.8, 4) is 5.75 Å². The number of rotatable bonds is 2. The van der Waals surface area contributed by atoms with Crippen LogP contribution in [0.2, 0.25) is 0 Å². The largest absolute Gasteiger partial charge is 0.508 e. The zero-order valence-corrected chi connectivity index (χ0v) is 9.36. The summed E-state index contributed by atoms with van der Waals surface area (Å²) in [6.45, 7) is 1.54. The lowest BCUT2D eigenvalue weighted by Crippen LogP contribution is -2.21. The highest BCUT2D eigenvalue weighted by atomic mass is 19.1. The quantitative estimate of drug-likeness (QED) is 0.800. The minimum absolute atomic E-state index is 0.0303. The lowest BCUT2D eigenvalue weighted by molar-refractivity contribution is 0.306. The summed E-state index contributed by atoms with van der Waals surface area (Å²) in [6, 6.07) is 4.43. The monoisotopic (exact) mass is 224 g/mol. The van der Waals surface area contributed by atoms with Crippen molar-refractivity contribution in [2.24, 2.45) is 11.7 Å². The highest BCUT2D eigenvalue weighted by molar-refractivity contribution is 5.30. The maximum Gasteiger partial charge on any atom is 0.131 e. The molecule has 1 aromatic rings. The van der Waals surface area contributed by atoms with Crippen LogP contribution in [0.15, 0.2) is 18.2 Å². The number of benzene rings is 1. The van der Waals surface area contributed by atoms with Crippen LogP contribution in [-0.4, -0.2) is 30.1 Å². The summed E-state index contributed by atoms with van der Waals surface area (Å²) >= 11 is 0. The molecular formula is C12H17FN2O.